The molecule has 0 spiro atoms. The Balaban J connectivity index is 2.38. The van der Waals surface area contributed by atoms with Gasteiger partial charge in [-0.3, -0.25) is 0 Å². The molecule has 0 aromatic carbocycles. The fraction of sp³-hybridized carbons (Fsp3) is 1.00. The lowest BCUT2D eigenvalue weighted by atomic mass is 9.87. The molecule has 1 N–H and O–H groups in total. The summed E-state index contributed by atoms with van der Waals surface area (Å²) in [6.07, 6.45) is 6.08. The fourth-order valence-corrected chi connectivity index (χ4v) is 2.37. The summed E-state index contributed by atoms with van der Waals surface area (Å²) < 4.78 is 19.6. The molecule has 3 heteroatoms. The van der Waals surface area contributed by atoms with E-state index in [1.807, 2.05) is 6.92 Å². The lowest BCUT2D eigenvalue weighted by Crippen LogP contribution is -2.24. The minimum Gasteiger partial charge on any atom is -0.306 e. The first-order valence-corrected chi connectivity index (χ1v) is 5.48. The third-order valence-corrected chi connectivity index (χ3v) is 3.65. The average Bonchev–Trinajstić information content (AvgIpc) is 2.05. The van der Waals surface area contributed by atoms with E-state index in [1.54, 1.807) is 0 Å². The molecule has 2 nitrogen and oxygen atoms in total. The molecule has 11 heavy (non-hydrogen) atoms. The first-order chi connectivity index (χ1) is 5.22. The van der Waals surface area contributed by atoms with Gasteiger partial charge in [0.25, 0.3) is 0 Å². The van der Waals surface area contributed by atoms with E-state index in [0.29, 0.717) is 5.92 Å². The van der Waals surface area contributed by atoms with Crippen LogP contribution in [0.2, 0.25) is 0 Å². The Morgan fingerprint density at radius 1 is 1.36 bits per heavy atom. The van der Waals surface area contributed by atoms with Crippen LogP contribution in [0.25, 0.3) is 0 Å². The molecule has 1 aliphatic rings. The van der Waals surface area contributed by atoms with Crippen LogP contribution in [0, 0.1) is 5.92 Å². The third kappa shape index (κ3) is 2.56. The standard InChI is InChI=1S/C8H16O2S/c1-7(11(9)10)8-5-3-2-4-6-8/h7-8H,2-6H2,1H3,(H,9,10). The zero-order valence-electron chi connectivity index (χ0n) is 6.95. The minimum atomic E-state index is -1.61. The summed E-state index contributed by atoms with van der Waals surface area (Å²) in [7, 11) is 0. The van der Waals surface area contributed by atoms with Gasteiger partial charge in [0.1, 0.15) is 0 Å². The first kappa shape index (κ1) is 9.20. The predicted octanol–water partition coefficient (Wildman–Crippen LogP) is 2.18. The Morgan fingerprint density at radius 3 is 2.36 bits per heavy atom. The first-order valence-electron chi connectivity index (χ1n) is 4.31. The number of hydrogen-bond acceptors (Lipinski definition) is 1. The molecule has 0 amide bonds. The van der Waals surface area contributed by atoms with E-state index in [9.17, 15) is 4.21 Å². The molecule has 0 aromatic rings. The van der Waals surface area contributed by atoms with Gasteiger partial charge in [-0.25, -0.2) is 4.21 Å². The smallest absolute Gasteiger partial charge is 0.155 e. The van der Waals surface area contributed by atoms with E-state index < -0.39 is 11.1 Å². The molecule has 1 rings (SSSR count). The van der Waals surface area contributed by atoms with Crippen molar-refractivity contribution in [3.05, 3.63) is 0 Å². The minimum absolute atomic E-state index is 0.0182. The van der Waals surface area contributed by atoms with Crippen LogP contribution in [0.4, 0.5) is 0 Å². The average molecular weight is 176 g/mol. The lowest BCUT2D eigenvalue weighted by molar-refractivity contribution is 0.346. The van der Waals surface area contributed by atoms with Gasteiger partial charge in [-0.15, -0.1) is 0 Å². The molecule has 0 bridgehead atoms. The summed E-state index contributed by atoms with van der Waals surface area (Å²) in [4.78, 5) is 0. The van der Waals surface area contributed by atoms with E-state index in [0.717, 1.165) is 12.8 Å². The molecule has 1 fully saturated rings. The van der Waals surface area contributed by atoms with Crippen LogP contribution in [-0.4, -0.2) is 14.0 Å². The number of hydrogen-bond donors (Lipinski definition) is 1. The summed E-state index contributed by atoms with van der Waals surface area (Å²) >= 11 is -1.61. The monoisotopic (exact) mass is 176 g/mol. The second kappa shape index (κ2) is 4.21. The summed E-state index contributed by atoms with van der Waals surface area (Å²) in [6.45, 7) is 1.88. The molecule has 1 aliphatic carbocycles. The Kier molecular flexibility index (Phi) is 3.52. The van der Waals surface area contributed by atoms with Crippen molar-refractivity contribution in [2.75, 3.05) is 0 Å². The van der Waals surface area contributed by atoms with Crippen molar-refractivity contribution in [1.82, 2.24) is 0 Å². The molecule has 2 atom stereocenters. The van der Waals surface area contributed by atoms with Crippen LogP contribution in [-0.2, 0) is 11.1 Å². The quantitative estimate of drug-likeness (QED) is 0.655. The highest BCUT2D eigenvalue weighted by molar-refractivity contribution is 7.79. The van der Waals surface area contributed by atoms with Gasteiger partial charge in [0.05, 0.1) is 5.25 Å². The van der Waals surface area contributed by atoms with Gasteiger partial charge >= 0.3 is 0 Å². The Labute approximate surface area is 70.7 Å². The third-order valence-electron chi connectivity index (χ3n) is 2.63. The molecule has 1 saturated carbocycles. The van der Waals surface area contributed by atoms with E-state index in [1.165, 1.54) is 19.3 Å². The van der Waals surface area contributed by atoms with Crippen molar-refractivity contribution >= 4 is 11.1 Å². The van der Waals surface area contributed by atoms with Gasteiger partial charge in [0, 0.05) is 0 Å². The molecular weight excluding hydrogens is 160 g/mol. The highest BCUT2D eigenvalue weighted by Crippen LogP contribution is 2.28. The summed E-state index contributed by atoms with van der Waals surface area (Å²) in [6, 6.07) is 0. The van der Waals surface area contributed by atoms with Crippen LogP contribution in [0.15, 0.2) is 0 Å². The van der Waals surface area contributed by atoms with Gasteiger partial charge in [-0.1, -0.05) is 19.3 Å². The second-order valence-corrected chi connectivity index (χ2v) is 4.68. The maximum atomic E-state index is 10.7. The molecule has 0 aliphatic heterocycles. The van der Waals surface area contributed by atoms with E-state index in [-0.39, 0.29) is 5.25 Å². The van der Waals surface area contributed by atoms with Crippen LogP contribution in [0.5, 0.6) is 0 Å². The van der Waals surface area contributed by atoms with Gasteiger partial charge in [0.2, 0.25) is 0 Å². The zero-order valence-corrected chi connectivity index (χ0v) is 7.77. The molecule has 0 saturated heterocycles. The van der Waals surface area contributed by atoms with E-state index in [4.69, 9.17) is 4.55 Å². The van der Waals surface area contributed by atoms with E-state index in [2.05, 4.69) is 0 Å². The van der Waals surface area contributed by atoms with Crippen molar-refractivity contribution in [2.45, 2.75) is 44.3 Å². The predicted molar refractivity (Wildman–Crippen MR) is 46.8 cm³/mol. The molecular formula is C8H16O2S. The maximum Gasteiger partial charge on any atom is 0.155 e. The maximum absolute atomic E-state index is 10.7. The highest BCUT2D eigenvalue weighted by atomic mass is 32.2. The van der Waals surface area contributed by atoms with Gasteiger partial charge < -0.3 is 4.55 Å². The van der Waals surface area contributed by atoms with Crippen LogP contribution >= 0.6 is 0 Å². The Morgan fingerprint density at radius 2 is 1.91 bits per heavy atom. The molecule has 66 valence electrons. The Bertz CT molecular complexity index is 141. The van der Waals surface area contributed by atoms with Gasteiger partial charge in [-0.2, -0.15) is 0 Å². The van der Waals surface area contributed by atoms with Crippen LogP contribution in [0.3, 0.4) is 0 Å². The topological polar surface area (TPSA) is 37.3 Å². The zero-order chi connectivity index (χ0) is 8.27. The molecule has 2 unspecified atom stereocenters. The van der Waals surface area contributed by atoms with Crippen LogP contribution < -0.4 is 0 Å². The van der Waals surface area contributed by atoms with Crippen molar-refractivity contribution in [3.8, 4) is 0 Å². The van der Waals surface area contributed by atoms with Crippen molar-refractivity contribution in [2.24, 2.45) is 5.92 Å². The number of rotatable bonds is 2. The second-order valence-electron chi connectivity index (χ2n) is 3.38. The Hall–Kier alpha value is 0.110. The fourth-order valence-electron chi connectivity index (χ4n) is 1.77. The SMILES string of the molecule is CC(C1CCCCC1)S(=O)O. The highest BCUT2D eigenvalue weighted by Gasteiger charge is 2.23. The van der Waals surface area contributed by atoms with Crippen molar-refractivity contribution in [3.63, 3.8) is 0 Å². The van der Waals surface area contributed by atoms with E-state index >= 15 is 0 Å². The van der Waals surface area contributed by atoms with Crippen LogP contribution in [0.1, 0.15) is 39.0 Å². The van der Waals surface area contributed by atoms with Crippen molar-refractivity contribution in [1.29, 1.82) is 0 Å². The summed E-state index contributed by atoms with van der Waals surface area (Å²) in [5.74, 6) is 0.495. The molecule has 0 radical (unpaired) electrons. The van der Waals surface area contributed by atoms with Gasteiger partial charge in [-0.05, 0) is 25.7 Å². The summed E-state index contributed by atoms with van der Waals surface area (Å²) in [5, 5.41) is -0.0182. The molecule has 0 aromatic heterocycles. The van der Waals surface area contributed by atoms with Crippen molar-refractivity contribution < 1.29 is 8.76 Å². The lowest BCUT2D eigenvalue weighted by Gasteiger charge is -2.24. The summed E-state index contributed by atoms with van der Waals surface area (Å²) in [5.41, 5.74) is 0. The van der Waals surface area contributed by atoms with Gasteiger partial charge in [0.15, 0.2) is 11.1 Å². The largest absolute Gasteiger partial charge is 0.306 e. The normalized spacial score (nSPS) is 26.4. The molecule has 0 heterocycles.